The monoisotopic (exact) mass is 317 g/mol. The highest BCUT2D eigenvalue weighted by Gasteiger charge is 2.22. The molecule has 1 N–H and O–H groups in total. The molecule has 0 aliphatic rings. The molecule has 0 heterocycles. The van der Waals surface area contributed by atoms with Crippen molar-refractivity contribution in [2.75, 3.05) is 6.54 Å². The van der Waals surface area contributed by atoms with Gasteiger partial charge in [0.25, 0.3) is 11.7 Å². The van der Waals surface area contributed by atoms with Crippen molar-refractivity contribution in [3.05, 3.63) is 29.8 Å². The number of benzene rings is 1. The molecule has 0 bridgehead atoms. The van der Waals surface area contributed by atoms with Gasteiger partial charge in [-0.3, -0.25) is 9.59 Å². The largest absolute Gasteiger partial charge is 0.480 e. The predicted octanol–water partition coefficient (Wildman–Crippen LogP) is 3.33. The van der Waals surface area contributed by atoms with E-state index in [9.17, 15) is 18.4 Å². The van der Waals surface area contributed by atoms with Gasteiger partial charge >= 0.3 is 5.97 Å². The molecule has 0 spiro atoms. The van der Waals surface area contributed by atoms with E-state index in [0.717, 1.165) is 0 Å². The van der Waals surface area contributed by atoms with Gasteiger partial charge in [0.05, 0.1) is 0 Å². The number of rotatable bonds is 7. The number of amides is 1. The van der Waals surface area contributed by atoms with Gasteiger partial charge in [0.2, 0.25) is 0 Å². The Bertz CT molecular complexity index is 493. The minimum atomic E-state index is -2.52. The van der Waals surface area contributed by atoms with Gasteiger partial charge in [-0.2, -0.15) is 8.78 Å². The lowest BCUT2D eigenvalue weighted by atomic mass is 10.1. The summed E-state index contributed by atoms with van der Waals surface area (Å²) in [6, 6.07) is 5.51. The van der Waals surface area contributed by atoms with Crippen LogP contribution in [0.25, 0.3) is 0 Å². The third kappa shape index (κ3) is 5.34. The number of carbonyl (C=O) groups is 2. The molecule has 1 aromatic carbocycles. The summed E-state index contributed by atoms with van der Waals surface area (Å²) in [6.45, 7) is 3.23. The molecule has 4 nitrogen and oxygen atoms in total. The van der Waals surface area contributed by atoms with Gasteiger partial charge in [-0.1, -0.05) is 18.7 Å². The van der Waals surface area contributed by atoms with Gasteiger partial charge in [-0.25, -0.2) is 0 Å². The molecule has 0 aromatic heterocycles. The molecule has 0 radical (unpaired) electrons. The smallest absolute Gasteiger partial charge is 0.323 e. The third-order valence-corrected chi connectivity index (χ3v) is 3.74. The zero-order valence-corrected chi connectivity index (χ0v) is 12.6. The number of nitrogens with zero attached hydrogens (tertiary/aromatic N) is 1. The Kier molecular flexibility index (Phi) is 6.61. The highest BCUT2D eigenvalue weighted by Crippen LogP contribution is 2.25. The highest BCUT2D eigenvalue weighted by atomic mass is 32.2. The third-order valence-electron chi connectivity index (χ3n) is 3.02. The van der Waals surface area contributed by atoms with Crippen molar-refractivity contribution in [2.24, 2.45) is 0 Å². The SMILES string of the molecule is CCC(C)N(CC(=O)O)C(=O)c1ccc(SC(F)F)cc1. The summed E-state index contributed by atoms with van der Waals surface area (Å²) in [5.74, 6) is -4.02. The average Bonchev–Trinajstić information content (AvgIpc) is 2.43. The van der Waals surface area contributed by atoms with Gasteiger partial charge in [0.1, 0.15) is 6.54 Å². The first-order valence-corrected chi connectivity index (χ1v) is 7.30. The van der Waals surface area contributed by atoms with Crippen LogP contribution < -0.4 is 0 Å². The van der Waals surface area contributed by atoms with Crippen molar-refractivity contribution in [2.45, 2.75) is 37.0 Å². The van der Waals surface area contributed by atoms with Crippen LogP contribution in [-0.4, -0.2) is 40.2 Å². The van der Waals surface area contributed by atoms with Crippen molar-refractivity contribution in [1.82, 2.24) is 4.90 Å². The Labute approximate surface area is 126 Å². The lowest BCUT2D eigenvalue weighted by Crippen LogP contribution is -2.41. The number of carbonyl (C=O) groups excluding carboxylic acids is 1. The van der Waals surface area contributed by atoms with Crippen LogP contribution in [-0.2, 0) is 4.79 Å². The molecule has 116 valence electrons. The summed E-state index contributed by atoms with van der Waals surface area (Å²) >= 11 is 0.396. The van der Waals surface area contributed by atoms with E-state index in [-0.39, 0.29) is 18.2 Å². The quantitative estimate of drug-likeness (QED) is 0.784. The molecule has 7 heteroatoms. The maximum atomic E-state index is 12.3. The fraction of sp³-hybridized carbons (Fsp3) is 0.429. The van der Waals surface area contributed by atoms with E-state index < -0.39 is 17.6 Å². The highest BCUT2D eigenvalue weighted by molar-refractivity contribution is 7.99. The molecular formula is C14H17F2NO3S. The molecule has 0 aliphatic carbocycles. The first-order chi connectivity index (χ1) is 9.85. The summed E-state index contributed by atoms with van der Waals surface area (Å²) in [6.07, 6.45) is 0.623. The Morgan fingerprint density at radius 2 is 1.86 bits per heavy atom. The van der Waals surface area contributed by atoms with E-state index in [1.165, 1.54) is 29.2 Å². The van der Waals surface area contributed by atoms with Gasteiger partial charge in [-0.15, -0.1) is 0 Å². The summed E-state index contributed by atoms with van der Waals surface area (Å²) in [5, 5.41) is 8.89. The molecule has 1 atom stereocenters. The van der Waals surface area contributed by atoms with Crippen molar-refractivity contribution < 1.29 is 23.5 Å². The Hall–Kier alpha value is -1.63. The zero-order chi connectivity index (χ0) is 16.0. The second-order valence-corrected chi connectivity index (χ2v) is 5.55. The Morgan fingerprint density at radius 1 is 1.29 bits per heavy atom. The molecule has 0 saturated heterocycles. The summed E-state index contributed by atoms with van der Waals surface area (Å²) in [7, 11) is 0. The van der Waals surface area contributed by atoms with Crippen molar-refractivity contribution >= 4 is 23.6 Å². The topological polar surface area (TPSA) is 57.6 Å². The Morgan fingerprint density at radius 3 is 2.29 bits per heavy atom. The standard InChI is InChI=1S/C14H17F2NO3S/c1-3-9(2)17(8-12(18)19)13(20)10-4-6-11(7-5-10)21-14(15)16/h4-7,9,14H,3,8H2,1-2H3,(H,18,19). The van der Waals surface area contributed by atoms with Crippen molar-refractivity contribution in [3.8, 4) is 0 Å². The maximum Gasteiger partial charge on any atom is 0.323 e. The lowest BCUT2D eigenvalue weighted by molar-refractivity contribution is -0.138. The molecule has 0 fully saturated rings. The molecular weight excluding hydrogens is 300 g/mol. The molecule has 1 amide bonds. The van der Waals surface area contributed by atoms with E-state index in [0.29, 0.717) is 23.1 Å². The second kappa shape index (κ2) is 7.97. The van der Waals surface area contributed by atoms with Gasteiger partial charge < -0.3 is 10.0 Å². The molecule has 0 saturated carbocycles. The van der Waals surface area contributed by atoms with Crippen LogP contribution in [0.1, 0.15) is 30.6 Å². The normalized spacial score (nSPS) is 12.2. The van der Waals surface area contributed by atoms with E-state index >= 15 is 0 Å². The second-order valence-electron chi connectivity index (χ2n) is 4.49. The van der Waals surface area contributed by atoms with Crippen molar-refractivity contribution in [1.29, 1.82) is 0 Å². The summed E-state index contributed by atoms with van der Waals surface area (Å²) in [4.78, 5) is 24.8. The van der Waals surface area contributed by atoms with Crippen LogP contribution in [0.3, 0.4) is 0 Å². The minimum absolute atomic E-state index is 0.219. The van der Waals surface area contributed by atoms with Crippen LogP contribution in [0.4, 0.5) is 8.78 Å². The molecule has 21 heavy (non-hydrogen) atoms. The number of carboxylic acids is 1. The fourth-order valence-corrected chi connectivity index (χ4v) is 2.24. The number of halogens is 2. The van der Waals surface area contributed by atoms with E-state index in [1.54, 1.807) is 6.92 Å². The number of hydrogen-bond donors (Lipinski definition) is 1. The molecule has 1 unspecified atom stereocenters. The first-order valence-electron chi connectivity index (χ1n) is 6.42. The van der Waals surface area contributed by atoms with Crippen LogP contribution in [0.2, 0.25) is 0 Å². The average molecular weight is 317 g/mol. The van der Waals surface area contributed by atoms with Gasteiger partial charge in [-0.05, 0) is 37.6 Å². The van der Waals surface area contributed by atoms with Crippen LogP contribution in [0.15, 0.2) is 29.2 Å². The number of carboxylic acid groups (broad SMARTS) is 1. The van der Waals surface area contributed by atoms with Gasteiger partial charge in [0.15, 0.2) is 0 Å². The molecule has 1 aromatic rings. The van der Waals surface area contributed by atoms with E-state index in [4.69, 9.17) is 5.11 Å². The summed E-state index contributed by atoms with van der Waals surface area (Å²) in [5.41, 5.74) is 0.287. The van der Waals surface area contributed by atoms with Gasteiger partial charge in [0, 0.05) is 16.5 Å². The molecule has 1 rings (SSSR count). The van der Waals surface area contributed by atoms with Crippen LogP contribution >= 0.6 is 11.8 Å². The fourth-order valence-electron chi connectivity index (χ4n) is 1.74. The number of thioether (sulfide) groups is 1. The number of alkyl halides is 2. The lowest BCUT2D eigenvalue weighted by Gasteiger charge is -2.27. The maximum absolute atomic E-state index is 12.3. The van der Waals surface area contributed by atoms with Crippen LogP contribution in [0.5, 0.6) is 0 Å². The zero-order valence-electron chi connectivity index (χ0n) is 11.8. The summed E-state index contributed by atoms with van der Waals surface area (Å²) < 4.78 is 24.5. The van der Waals surface area contributed by atoms with Crippen molar-refractivity contribution in [3.63, 3.8) is 0 Å². The number of hydrogen-bond acceptors (Lipinski definition) is 3. The van der Waals surface area contributed by atoms with Crippen LogP contribution in [0, 0.1) is 0 Å². The first kappa shape index (κ1) is 17.4. The Balaban J connectivity index is 2.90. The minimum Gasteiger partial charge on any atom is -0.480 e. The predicted molar refractivity (Wildman–Crippen MR) is 76.7 cm³/mol. The van der Waals surface area contributed by atoms with E-state index in [2.05, 4.69) is 0 Å². The van der Waals surface area contributed by atoms with E-state index in [1.807, 2.05) is 6.92 Å². The molecule has 0 aliphatic heterocycles. The number of aliphatic carboxylic acids is 1.